The number of thioether (sulfide) groups is 1. The molecule has 2 N–H and O–H groups in total. The molecule has 1 aliphatic rings. The molecule has 21 heavy (non-hydrogen) atoms. The lowest BCUT2D eigenvalue weighted by atomic mass is 10.1. The van der Waals surface area contributed by atoms with Crippen LogP contribution < -0.4 is 14.8 Å². The van der Waals surface area contributed by atoms with Crippen LogP contribution >= 0.6 is 11.8 Å². The SMILES string of the molecule is C[NH2+]CCN1C(=O)[C@@H](C)S[C@H]1c1ccc(OC)c(OC)c1. The highest BCUT2D eigenvalue weighted by atomic mass is 32.2. The van der Waals surface area contributed by atoms with Gasteiger partial charge in [-0.05, 0) is 24.6 Å². The molecule has 1 aromatic rings. The minimum absolute atomic E-state index is 0.0000438. The Morgan fingerprint density at radius 3 is 2.62 bits per heavy atom. The molecule has 6 heteroatoms. The van der Waals surface area contributed by atoms with E-state index < -0.39 is 0 Å². The summed E-state index contributed by atoms with van der Waals surface area (Å²) in [5.74, 6) is 1.61. The molecule has 0 spiro atoms. The van der Waals surface area contributed by atoms with Crippen LogP contribution in [0.15, 0.2) is 18.2 Å². The molecule has 1 amide bonds. The van der Waals surface area contributed by atoms with E-state index in [1.807, 2.05) is 37.1 Å². The average molecular weight is 311 g/mol. The zero-order chi connectivity index (χ0) is 15.4. The lowest BCUT2D eigenvalue weighted by Gasteiger charge is -2.23. The summed E-state index contributed by atoms with van der Waals surface area (Å²) in [6, 6.07) is 5.86. The van der Waals surface area contributed by atoms with E-state index in [0.717, 1.165) is 18.7 Å². The topological polar surface area (TPSA) is 55.4 Å². The van der Waals surface area contributed by atoms with Gasteiger partial charge in [0.2, 0.25) is 5.91 Å². The Morgan fingerprint density at radius 2 is 2.00 bits per heavy atom. The molecule has 2 rings (SSSR count). The van der Waals surface area contributed by atoms with Gasteiger partial charge in [0.05, 0.1) is 39.6 Å². The van der Waals surface area contributed by atoms with Gasteiger partial charge in [-0.2, -0.15) is 0 Å². The van der Waals surface area contributed by atoms with Crippen molar-refractivity contribution in [1.29, 1.82) is 0 Å². The third kappa shape index (κ3) is 3.27. The Morgan fingerprint density at radius 1 is 1.29 bits per heavy atom. The Hall–Kier alpha value is -1.40. The summed E-state index contributed by atoms with van der Waals surface area (Å²) in [7, 11) is 5.26. The third-order valence-electron chi connectivity index (χ3n) is 3.60. The Kier molecular flexibility index (Phi) is 5.36. The first-order valence-corrected chi connectivity index (χ1v) is 8.02. The number of hydrogen-bond donors (Lipinski definition) is 1. The van der Waals surface area contributed by atoms with Crippen molar-refractivity contribution < 1.29 is 19.6 Å². The Balaban J connectivity index is 2.28. The molecule has 5 nitrogen and oxygen atoms in total. The van der Waals surface area contributed by atoms with Crippen molar-refractivity contribution in [3.63, 3.8) is 0 Å². The Bertz CT molecular complexity index is 510. The Labute approximate surface area is 130 Å². The van der Waals surface area contributed by atoms with Crippen molar-refractivity contribution in [2.24, 2.45) is 0 Å². The van der Waals surface area contributed by atoms with Gasteiger partial charge in [-0.25, -0.2) is 0 Å². The van der Waals surface area contributed by atoms with Crippen molar-refractivity contribution in [3.05, 3.63) is 23.8 Å². The van der Waals surface area contributed by atoms with Crippen molar-refractivity contribution in [3.8, 4) is 11.5 Å². The molecular formula is C15H23N2O3S+. The third-order valence-corrected chi connectivity index (χ3v) is 4.99. The van der Waals surface area contributed by atoms with Crippen LogP contribution in [0, 0.1) is 0 Å². The van der Waals surface area contributed by atoms with E-state index in [9.17, 15) is 4.79 Å². The molecule has 1 fully saturated rings. The number of benzene rings is 1. The van der Waals surface area contributed by atoms with Gasteiger partial charge in [0, 0.05) is 0 Å². The standard InChI is InChI=1S/C15H22N2O3S/c1-10-14(18)17(8-7-16-2)15(21-10)11-5-6-12(19-3)13(9-11)20-4/h5-6,9-10,15-16H,7-8H2,1-4H3/p+1/t10-,15+/m1/s1. The number of rotatable bonds is 6. The number of likely N-dealkylation sites (N-methyl/N-ethyl adjacent to an activating group) is 1. The molecule has 1 saturated heterocycles. The van der Waals surface area contributed by atoms with Crippen LogP contribution in [0.4, 0.5) is 0 Å². The van der Waals surface area contributed by atoms with Crippen LogP contribution in [-0.2, 0) is 4.79 Å². The van der Waals surface area contributed by atoms with Crippen molar-refractivity contribution >= 4 is 17.7 Å². The van der Waals surface area contributed by atoms with Gasteiger partial charge < -0.3 is 19.7 Å². The number of nitrogens with two attached hydrogens (primary N) is 1. The summed E-state index contributed by atoms with van der Waals surface area (Å²) in [4.78, 5) is 14.3. The van der Waals surface area contributed by atoms with E-state index in [2.05, 4.69) is 5.32 Å². The van der Waals surface area contributed by atoms with Crippen LogP contribution in [0.2, 0.25) is 0 Å². The quantitative estimate of drug-likeness (QED) is 0.847. The largest absolute Gasteiger partial charge is 0.493 e. The lowest BCUT2D eigenvalue weighted by molar-refractivity contribution is -0.626. The summed E-state index contributed by atoms with van der Waals surface area (Å²) >= 11 is 1.68. The first-order valence-electron chi connectivity index (χ1n) is 7.08. The highest BCUT2D eigenvalue weighted by molar-refractivity contribution is 8.01. The monoisotopic (exact) mass is 311 g/mol. The van der Waals surface area contributed by atoms with Gasteiger partial charge in [-0.3, -0.25) is 4.79 Å². The molecule has 0 aromatic heterocycles. The number of ether oxygens (including phenoxy) is 2. The summed E-state index contributed by atoms with van der Waals surface area (Å²) in [6.45, 7) is 3.63. The van der Waals surface area contributed by atoms with E-state index >= 15 is 0 Å². The zero-order valence-corrected chi connectivity index (χ0v) is 13.8. The summed E-state index contributed by atoms with van der Waals surface area (Å²) < 4.78 is 10.6. The molecule has 0 unspecified atom stereocenters. The van der Waals surface area contributed by atoms with Crippen molar-refractivity contribution in [2.45, 2.75) is 17.5 Å². The van der Waals surface area contributed by atoms with Crippen LogP contribution in [0.5, 0.6) is 11.5 Å². The number of amides is 1. The van der Waals surface area contributed by atoms with E-state index in [0.29, 0.717) is 11.5 Å². The maximum Gasteiger partial charge on any atom is 0.236 e. The summed E-state index contributed by atoms with van der Waals surface area (Å²) in [5.41, 5.74) is 1.08. The first-order chi connectivity index (χ1) is 10.1. The highest BCUT2D eigenvalue weighted by Crippen LogP contribution is 2.44. The molecule has 1 heterocycles. The minimum atomic E-state index is -0.0000438. The van der Waals surface area contributed by atoms with Crippen molar-refractivity contribution in [1.82, 2.24) is 4.90 Å². The number of carbonyl (C=O) groups excluding carboxylic acids is 1. The molecule has 0 bridgehead atoms. The van der Waals surface area contributed by atoms with Gasteiger partial charge in [0.15, 0.2) is 11.5 Å². The van der Waals surface area contributed by atoms with Gasteiger partial charge in [-0.15, -0.1) is 11.8 Å². The van der Waals surface area contributed by atoms with E-state index in [1.54, 1.807) is 26.0 Å². The fourth-order valence-corrected chi connectivity index (χ4v) is 3.73. The van der Waals surface area contributed by atoms with Crippen LogP contribution in [0.3, 0.4) is 0 Å². The predicted octanol–water partition coefficient (Wildman–Crippen LogP) is 0.860. The van der Waals surface area contributed by atoms with Gasteiger partial charge in [-0.1, -0.05) is 6.07 Å². The van der Waals surface area contributed by atoms with Gasteiger partial charge >= 0.3 is 0 Å². The molecule has 0 saturated carbocycles. The van der Waals surface area contributed by atoms with E-state index in [1.165, 1.54) is 0 Å². The minimum Gasteiger partial charge on any atom is -0.493 e. The number of hydrogen-bond acceptors (Lipinski definition) is 4. The molecule has 1 aromatic carbocycles. The van der Waals surface area contributed by atoms with Gasteiger partial charge in [0.1, 0.15) is 5.37 Å². The highest BCUT2D eigenvalue weighted by Gasteiger charge is 2.38. The molecule has 0 aliphatic carbocycles. The second kappa shape index (κ2) is 7.04. The average Bonchev–Trinajstić information content (AvgIpc) is 2.79. The second-order valence-corrected chi connectivity index (χ2v) is 6.40. The maximum absolute atomic E-state index is 12.3. The van der Waals surface area contributed by atoms with Crippen molar-refractivity contribution in [2.75, 3.05) is 34.4 Å². The molecular weight excluding hydrogens is 288 g/mol. The molecule has 2 atom stereocenters. The second-order valence-electron chi connectivity index (χ2n) is 4.97. The summed E-state index contributed by atoms with van der Waals surface area (Å²) in [5, 5.41) is 2.14. The number of nitrogens with zero attached hydrogens (tertiary/aromatic N) is 1. The summed E-state index contributed by atoms with van der Waals surface area (Å²) in [6.07, 6.45) is 0. The van der Waals surface area contributed by atoms with Crippen LogP contribution in [0.1, 0.15) is 17.9 Å². The number of quaternary nitrogens is 1. The van der Waals surface area contributed by atoms with Crippen LogP contribution in [-0.4, -0.2) is 50.4 Å². The molecule has 1 aliphatic heterocycles. The number of methoxy groups -OCH3 is 2. The smallest absolute Gasteiger partial charge is 0.236 e. The normalized spacial score (nSPS) is 21.7. The zero-order valence-electron chi connectivity index (χ0n) is 13.0. The van der Waals surface area contributed by atoms with E-state index in [-0.39, 0.29) is 16.5 Å². The molecule has 0 radical (unpaired) electrons. The van der Waals surface area contributed by atoms with E-state index in [4.69, 9.17) is 9.47 Å². The van der Waals surface area contributed by atoms with Crippen LogP contribution in [0.25, 0.3) is 0 Å². The molecule has 116 valence electrons. The number of carbonyl (C=O) groups is 1. The predicted molar refractivity (Wildman–Crippen MR) is 83.8 cm³/mol. The fraction of sp³-hybridized carbons (Fsp3) is 0.533. The maximum atomic E-state index is 12.3. The van der Waals surface area contributed by atoms with Gasteiger partial charge in [0.25, 0.3) is 0 Å². The first kappa shape index (κ1) is 16.0. The fourth-order valence-electron chi connectivity index (χ4n) is 2.43. The lowest BCUT2D eigenvalue weighted by Crippen LogP contribution is -2.81.